The molecule has 0 aromatic heterocycles. The number of carbonyl (C=O) groups is 3. The number of para-hydroxylation sites is 1. The number of aliphatic carboxylic acids is 1. The van der Waals surface area contributed by atoms with E-state index in [9.17, 15) is 19.5 Å². The van der Waals surface area contributed by atoms with Crippen LogP contribution in [0.4, 0.5) is 10.5 Å². The van der Waals surface area contributed by atoms with E-state index in [2.05, 4.69) is 19.2 Å². The number of rotatable bonds is 7. The number of carboxylic acid groups (broad SMARTS) is 1. The van der Waals surface area contributed by atoms with Gasteiger partial charge in [0.05, 0.1) is 0 Å². The van der Waals surface area contributed by atoms with E-state index in [0.717, 1.165) is 11.3 Å². The van der Waals surface area contributed by atoms with E-state index in [1.807, 2.05) is 49.4 Å². The molecule has 170 valence electrons. The molecule has 0 aliphatic carbocycles. The molecule has 3 rings (SSSR count). The number of anilines is 1. The number of hydrogen-bond donors (Lipinski definition) is 2. The summed E-state index contributed by atoms with van der Waals surface area (Å²) >= 11 is 0. The summed E-state index contributed by atoms with van der Waals surface area (Å²) in [7, 11) is 0. The van der Waals surface area contributed by atoms with Crippen molar-refractivity contribution in [3.63, 3.8) is 0 Å². The van der Waals surface area contributed by atoms with Crippen LogP contribution in [0.3, 0.4) is 0 Å². The Bertz CT molecular complexity index is 943. The van der Waals surface area contributed by atoms with Crippen LogP contribution in [0.1, 0.15) is 49.5 Å². The lowest BCUT2D eigenvalue weighted by molar-refractivity contribution is -0.141. The Balaban J connectivity index is 1.73. The smallest absolute Gasteiger partial charge is 0.326 e. The van der Waals surface area contributed by atoms with Gasteiger partial charge in [0.15, 0.2) is 0 Å². The minimum Gasteiger partial charge on any atom is -0.480 e. The molecule has 0 spiro atoms. The van der Waals surface area contributed by atoms with E-state index < -0.39 is 12.0 Å². The van der Waals surface area contributed by atoms with E-state index in [4.69, 9.17) is 0 Å². The highest BCUT2D eigenvalue weighted by atomic mass is 16.4. The van der Waals surface area contributed by atoms with Crippen LogP contribution >= 0.6 is 0 Å². The summed E-state index contributed by atoms with van der Waals surface area (Å²) in [6.45, 7) is 7.02. The summed E-state index contributed by atoms with van der Waals surface area (Å²) in [5.74, 6) is -0.966. The van der Waals surface area contributed by atoms with E-state index in [1.54, 1.807) is 17.0 Å². The number of amides is 3. The molecule has 2 aromatic carbocycles. The Labute approximate surface area is 189 Å². The van der Waals surface area contributed by atoms with Crippen molar-refractivity contribution in [2.24, 2.45) is 5.92 Å². The summed E-state index contributed by atoms with van der Waals surface area (Å²) in [6.07, 6.45) is 1.18. The molecule has 7 nitrogen and oxygen atoms in total. The fourth-order valence-corrected chi connectivity index (χ4v) is 3.86. The summed E-state index contributed by atoms with van der Waals surface area (Å²) < 4.78 is 0. The van der Waals surface area contributed by atoms with Crippen LogP contribution in [-0.4, -0.2) is 51.4 Å². The van der Waals surface area contributed by atoms with Crippen molar-refractivity contribution < 1.29 is 19.5 Å². The number of likely N-dealkylation sites (tertiary alicyclic amines) is 1. The number of benzene rings is 2. The summed E-state index contributed by atoms with van der Waals surface area (Å²) in [5, 5.41) is 12.3. The van der Waals surface area contributed by atoms with Crippen LogP contribution < -0.4 is 5.32 Å². The van der Waals surface area contributed by atoms with Crippen LogP contribution in [0.5, 0.6) is 0 Å². The van der Waals surface area contributed by atoms with Crippen molar-refractivity contribution in [2.75, 3.05) is 11.9 Å². The van der Waals surface area contributed by atoms with E-state index >= 15 is 0 Å². The Morgan fingerprint density at radius 3 is 2.31 bits per heavy atom. The van der Waals surface area contributed by atoms with Gasteiger partial charge < -0.3 is 20.2 Å². The third-order valence-electron chi connectivity index (χ3n) is 6.09. The summed E-state index contributed by atoms with van der Waals surface area (Å²) in [4.78, 5) is 40.4. The molecule has 7 heteroatoms. The standard InChI is InChI=1S/C25H31N3O4/c1-17(2)18(3)28(25(32)26-21-8-5-4-6-9-21)16-19-11-13-20(14-12-19)23(29)27-15-7-10-22(27)24(30)31/h4-6,8-9,11-14,17-18,22H,7,10,15-16H2,1-3H3,(H,26,32)(H,30,31)/t18?,22-/m1/s1. The van der Waals surface area contributed by atoms with Crippen molar-refractivity contribution in [1.82, 2.24) is 9.80 Å². The molecule has 1 fully saturated rings. The van der Waals surface area contributed by atoms with Crippen LogP contribution in [0, 0.1) is 5.92 Å². The monoisotopic (exact) mass is 437 g/mol. The van der Waals surface area contributed by atoms with Gasteiger partial charge in [-0.1, -0.05) is 44.2 Å². The molecule has 1 unspecified atom stereocenters. The van der Waals surface area contributed by atoms with Gasteiger partial charge in [0, 0.05) is 30.4 Å². The second-order valence-corrected chi connectivity index (χ2v) is 8.60. The first-order chi connectivity index (χ1) is 15.3. The number of nitrogens with one attached hydrogen (secondary N) is 1. The SMILES string of the molecule is CC(C)C(C)N(Cc1ccc(C(=O)N2CCC[C@@H]2C(=O)O)cc1)C(=O)Nc1ccccc1. The van der Waals surface area contributed by atoms with Crippen LogP contribution in [0.15, 0.2) is 54.6 Å². The molecule has 1 aliphatic heterocycles. The molecule has 2 atom stereocenters. The van der Waals surface area contributed by atoms with Crippen molar-refractivity contribution in [2.45, 2.75) is 52.2 Å². The van der Waals surface area contributed by atoms with Gasteiger partial charge in [0.25, 0.3) is 5.91 Å². The highest BCUT2D eigenvalue weighted by Crippen LogP contribution is 2.22. The third-order valence-corrected chi connectivity index (χ3v) is 6.09. The predicted molar refractivity (Wildman–Crippen MR) is 123 cm³/mol. The molecular weight excluding hydrogens is 406 g/mol. The lowest BCUT2D eigenvalue weighted by Crippen LogP contribution is -2.43. The Morgan fingerprint density at radius 1 is 1.06 bits per heavy atom. The normalized spacial score (nSPS) is 16.6. The first kappa shape index (κ1) is 23.3. The maximum Gasteiger partial charge on any atom is 0.326 e. The second-order valence-electron chi connectivity index (χ2n) is 8.60. The molecule has 3 amide bonds. The van der Waals surface area contributed by atoms with Gasteiger partial charge in [0.1, 0.15) is 6.04 Å². The Kier molecular flexibility index (Phi) is 7.51. The number of urea groups is 1. The van der Waals surface area contributed by atoms with E-state index in [1.165, 1.54) is 4.90 Å². The molecule has 0 saturated carbocycles. The average molecular weight is 438 g/mol. The fraction of sp³-hybridized carbons (Fsp3) is 0.400. The highest BCUT2D eigenvalue weighted by molar-refractivity contribution is 5.97. The topological polar surface area (TPSA) is 90.0 Å². The van der Waals surface area contributed by atoms with Gasteiger partial charge in [0.2, 0.25) is 0 Å². The van der Waals surface area contributed by atoms with Crippen LogP contribution in [-0.2, 0) is 11.3 Å². The molecule has 32 heavy (non-hydrogen) atoms. The van der Waals surface area contributed by atoms with Crippen molar-refractivity contribution in [3.05, 3.63) is 65.7 Å². The Morgan fingerprint density at radius 2 is 1.72 bits per heavy atom. The lowest BCUT2D eigenvalue weighted by atomic mass is 10.0. The van der Waals surface area contributed by atoms with E-state index in [0.29, 0.717) is 31.5 Å². The molecule has 1 saturated heterocycles. The maximum absolute atomic E-state index is 13.0. The molecule has 1 aliphatic rings. The van der Waals surface area contributed by atoms with Gasteiger partial charge in [-0.15, -0.1) is 0 Å². The van der Waals surface area contributed by atoms with Gasteiger partial charge >= 0.3 is 12.0 Å². The van der Waals surface area contributed by atoms with E-state index in [-0.39, 0.29) is 23.9 Å². The molecule has 2 N–H and O–H groups in total. The van der Waals surface area contributed by atoms with Crippen LogP contribution in [0.2, 0.25) is 0 Å². The quantitative estimate of drug-likeness (QED) is 0.669. The first-order valence-corrected chi connectivity index (χ1v) is 11.0. The van der Waals surface area contributed by atoms with Gasteiger partial charge in [-0.05, 0) is 55.5 Å². The largest absolute Gasteiger partial charge is 0.480 e. The Hall–Kier alpha value is -3.35. The number of carboxylic acids is 1. The maximum atomic E-state index is 13.0. The predicted octanol–water partition coefficient (Wildman–Crippen LogP) is 4.45. The summed E-state index contributed by atoms with van der Waals surface area (Å²) in [5.41, 5.74) is 2.09. The zero-order chi connectivity index (χ0) is 23.3. The highest BCUT2D eigenvalue weighted by Gasteiger charge is 2.34. The van der Waals surface area contributed by atoms with Gasteiger partial charge in [-0.25, -0.2) is 9.59 Å². The van der Waals surface area contributed by atoms with Crippen molar-refractivity contribution in [1.29, 1.82) is 0 Å². The van der Waals surface area contributed by atoms with Crippen molar-refractivity contribution >= 4 is 23.6 Å². The zero-order valence-electron chi connectivity index (χ0n) is 18.8. The van der Waals surface area contributed by atoms with Gasteiger partial charge in [-0.3, -0.25) is 4.79 Å². The summed E-state index contributed by atoms with van der Waals surface area (Å²) in [6, 6.07) is 15.5. The molecular formula is C25H31N3O4. The number of hydrogen-bond acceptors (Lipinski definition) is 3. The lowest BCUT2D eigenvalue weighted by Gasteiger charge is -2.32. The molecule has 0 bridgehead atoms. The second kappa shape index (κ2) is 10.3. The molecule has 1 heterocycles. The fourth-order valence-electron chi connectivity index (χ4n) is 3.86. The van der Waals surface area contributed by atoms with Gasteiger partial charge in [-0.2, -0.15) is 0 Å². The molecule has 0 radical (unpaired) electrons. The molecule has 2 aromatic rings. The number of nitrogens with zero attached hydrogens (tertiary/aromatic N) is 2. The minimum absolute atomic E-state index is 0.000875. The minimum atomic E-state index is -0.963. The number of carbonyl (C=O) groups excluding carboxylic acids is 2. The van der Waals surface area contributed by atoms with Crippen molar-refractivity contribution in [3.8, 4) is 0 Å². The van der Waals surface area contributed by atoms with Crippen LogP contribution in [0.25, 0.3) is 0 Å². The first-order valence-electron chi connectivity index (χ1n) is 11.0. The zero-order valence-corrected chi connectivity index (χ0v) is 18.8. The third kappa shape index (κ3) is 5.46. The average Bonchev–Trinajstić information content (AvgIpc) is 3.28.